The van der Waals surface area contributed by atoms with Crippen molar-refractivity contribution >= 4 is 20.0 Å². The molecule has 0 bridgehead atoms. The summed E-state index contributed by atoms with van der Waals surface area (Å²) in [4.78, 5) is 16.2. The molecule has 42 heavy (non-hydrogen) atoms. The lowest BCUT2D eigenvalue weighted by atomic mass is 9.82. The number of anilines is 1. The average molecular weight is 585 g/mol. The number of hydrogen-bond acceptors (Lipinski definition) is 5. The summed E-state index contributed by atoms with van der Waals surface area (Å²) < 4.78 is 24.7. The van der Waals surface area contributed by atoms with Crippen LogP contribution >= 0.6 is 0 Å². The summed E-state index contributed by atoms with van der Waals surface area (Å²) in [6.07, 6.45) is 1.87. The first-order valence-electron chi connectivity index (χ1n) is 14.6. The number of benzene rings is 3. The van der Waals surface area contributed by atoms with E-state index in [1.54, 1.807) is 22.7 Å². The van der Waals surface area contributed by atoms with Crippen LogP contribution in [0.1, 0.15) is 41.6 Å². The molecular weight excluding hydrogens is 547 g/mol. The standard InChI is InChI=1S/C33H37FN4O3Si/c1-23-31(42(2,3)34)30(18-19-37-21-28(35-36-37)26(22-39)25-14-8-5-9-15-25)41-33(23)27-16-10-11-17-29(27)38(32(33)40)20-24-12-6-4-7-13-24/h4-17,21,23,26,30-31,39H,18-20,22H2,1-3H3/t23-,26?,30+,31-,33+/m0/s1. The number of fused-ring (bicyclic) bond motifs is 2. The topological polar surface area (TPSA) is 80.5 Å². The molecule has 3 aromatic carbocycles. The number of aliphatic hydroxyl groups excluding tert-OH is 1. The van der Waals surface area contributed by atoms with Gasteiger partial charge in [-0.3, -0.25) is 9.48 Å². The van der Waals surface area contributed by atoms with E-state index in [0.717, 1.165) is 22.4 Å². The first kappa shape index (κ1) is 28.5. The monoisotopic (exact) mass is 584 g/mol. The molecule has 4 aromatic rings. The Labute approximate surface area is 247 Å². The summed E-state index contributed by atoms with van der Waals surface area (Å²) in [7, 11) is -3.27. The van der Waals surface area contributed by atoms with Crippen LogP contribution in [0.15, 0.2) is 91.1 Å². The number of carbonyl (C=O) groups excluding carboxylic acids is 1. The summed E-state index contributed by atoms with van der Waals surface area (Å²) >= 11 is 0. The van der Waals surface area contributed by atoms with Gasteiger partial charge in [0.15, 0.2) is 5.60 Å². The fraction of sp³-hybridized carbons (Fsp3) is 0.364. The molecule has 6 rings (SSSR count). The second-order valence-electron chi connectivity index (χ2n) is 12.0. The summed E-state index contributed by atoms with van der Waals surface area (Å²) in [6, 6.07) is 27.4. The number of nitrogens with zero attached hydrogens (tertiary/aromatic N) is 4. The predicted molar refractivity (Wildman–Crippen MR) is 162 cm³/mol. The van der Waals surface area contributed by atoms with E-state index in [-0.39, 0.29) is 29.9 Å². The number of hydrogen-bond donors (Lipinski definition) is 1. The van der Waals surface area contributed by atoms with Crippen LogP contribution in [0.4, 0.5) is 9.80 Å². The maximum absolute atomic E-state index is 16.1. The number of amides is 1. The van der Waals surface area contributed by atoms with Crippen molar-refractivity contribution < 1.29 is 18.7 Å². The molecule has 3 heterocycles. The first-order chi connectivity index (χ1) is 20.2. The molecule has 1 saturated heterocycles. The highest BCUT2D eigenvalue weighted by Crippen LogP contribution is 2.60. The number of aryl methyl sites for hydroxylation is 1. The van der Waals surface area contributed by atoms with Gasteiger partial charge < -0.3 is 18.9 Å². The molecule has 0 radical (unpaired) electrons. The molecule has 2 aliphatic rings. The van der Waals surface area contributed by atoms with Gasteiger partial charge in [-0.25, -0.2) is 0 Å². The van der Waals surface area contributed by atoms with Crippen LogP contribution < -0.4 is 4.90 Å². The van der Waals surface area contributed by atoms with Crippen LogP contribution in [0.2, 0.25) is 18.6 Å². The number of aliphatic hydroxyl groups is 1. The maximum Gasteiger partial charge on any atom is 0.264 e. The minimum atomic E-state index is -3.27. The van der Waals surface area contributed by atoms with E-state index in [1.165, 1.54) is 0 Å². The fourth-order valence-corrected chi connectivity index (χ4v) is 9.63. The molecule has 2 aliphatic heterocycles. The Morgan fingerprint density at radius 3 is 2.38 bits per heavy atom. The van der Waals surface area contributed by atoms with E-state index in [1.807, 2.05) is 98.0 Å². The maximum atomic E-state index is 16.1. The van der Waals surface area contributed by atoms with E-state index in [2.05, 4.69) is 10.3 Å². The zero-order valence-corrected chi connectivity index (χ0v) is 25.2. The van der Waals surface area contributed by atoms with Gasteiger partial charge in [-0.15, -0.1) is 5.10 Å². The third-order valence-electron chi connectivity index (χ3n) is 8.99. The van der Waals surface area contributed by atoms with Crippen molar-refractivity contribution in [2.75, 3.05) is 11.5 Å². The van der Waals surface area contributed by atoms with Crippen LogP contribution in [0, 0.1) is 5.92 Å². The number of halogens is 1. The van der Waals surface area contributed by atoms with Gasteiger partial charge in [-0.2, -0.15) is 0 Å². The van der Waals surface area contributed by atoms with Crippen molar-refractivity contribution in [3.05, 3.63) is 114 Å². The zero-order valence-electron chi connectivity index (χ0n) is 24.2. The minimum Gasteiger partial charge on any atom is -0.395 e. The Morgan fingerprint density at radius 1 is 1.02 bits per heavy atom. The van der Waals surface area contributed by atoms with Crippen LogP contribution in [0.25, 0.3) is 0 Å². The highest BCUT2D eigenvalue weighted by Gasteiger charge is 2.66. The molecule has 9 heteroatoms. The second-order valence-corrected chi connectivity index (χ2v) is 15.8. The normalized spacial score (nSPS) is 24.4. The van der Waals surface area contributed by atoms with Gasteiger partial charge in [-0.1, -0.05) is 91.0 Å². The number of carbonyl (C=O) groups is 1. The smallest absolute Gasteiger partial charge is 0.264 e. The van der Waals surface area contributed by atoms with Crippen LogP contribution in [0.3, 0.4) is 0 Å². The lowest BCUT2D eigenvalue weighted by Crippen LogP contribution is -2.45. The van der Waals surface area contributed by atoms with Gasteiger partial charge >= 0.3 is 0 Å². The Kier molecular flexibility index (Phi) is 7.59. The molecule has 1 fully saturated rings. The lowest BCUT2D eigenvalue weighted by Gasteiger charge is -2.31. The molecule has 0 saturated carbocycles. The van der Waals surface area contributed by atoms with Gasteiger partial charge in [0.25, 0.3) is 5.91 Å². The number of rotatable bonds is 9. The Balaban J connectivity index is 1.28. The summed E-state index contributed by atoms with van der Waals surface area (Å²) in [5.74, 6) is -0.742. The zero-order chi connectivity index (χ0) is 29.5. The van der Waals surface area contributed by atoms with Crippen molar-refractivity contribution in [1.29, 1.82) is 0 Å². The third kappa shape index (κ3) is 4.89. The van der Waals surface area contributed by atoms with Crippen LogP contribution in [-0.4, -0.2) is 47.1 Å². The van der Waals surface area contributed by atoms with Crippen molar-refractivity contribution in [3.63, 3.8) is 0 Å². The number of para-hydroxylation sites is 1. The van der Waals surface area contributed by atoms with Gasteiger partial charge in [0.1, 0.15) is 0 Å². The number of ether oxygens (including phenoxy) is 1. The lowest BCUT2D eigenvalue weighted by molar-refractivity contribution is -0.146. The average Bonchev–Trinajstić information content (AvgIpc) is 3.64. The summed E-state index contributed by atoms with van der Waals surface area (Å²) in [5, 5.41) is 18.7. The first-order valence-corrected chi connectivity index (χ1v) is 17.6. The quantitative estimate of drug-likeness (QED) is 0.198. The molecule has 5 atom stereocenters. The van der Waals surface area contributed by atoms with E-state index in [9.17, 15) is 9.90 Å². The molecule has 218 valence electrons. The van der Waals surface area contributed by atoms with Gasteiger partial charge in [-0.05, 0) is 36.7 Å². The summed E-state index contributed by atoms with van der Waals surface area (Å²) in [5.41, 5.74) is 2.69. The third-order valence-corrected chi connectivity index (χ3v) is 11.4. The second kappa shape index (κ2) is 11.2. The van der Waals surface area contributed by atoms with Crippen LogP contribution in [-0.2, 0) is 28.2 Å². The predicted octanol–water partition coefficient (Wildman–Crippen LogP) is 5.81. The molecule has 7 nitrogen and oxygen atoms in total. The van der Waals surface area contributed by atoms with Crippen molar-refractivity contribution in [2.24, 2.45) is 5.92 Å². The van der Waals surface area contributed by atoms with Crippen molar-refractivity contribution in [2.45, 2.75) is 62.7 Å². The Hall–Kier alpha value is -3.66. The van der Waals surface area contributed by atoms with Crippen LogP contribution in [0.5, 0.6) is 0 Å². The molecule has 1 unspecified atom stereocenters. The van der Waals surface area contributed by atoms with E-state index >= 15 is 4.11 Å². The van der Waals surface area contributed by atoms with Crippen molar-refractivity contribution in [3.8, 4) is 0 Å². The summed E-state index contributed by atoms with van der Waals surface area (Å²) in [6.45, 7) is 6.22. The molecule has 1 spiro atoms. The van der Waals surface area contributed by atoms with Gasteiger partial charge in [0.2, 0.25) is 8.41 Å². The Morgan fingerprint density at radius 2 is 1.69 bits per heavy atom. The highest BCUT2D eigenvalue weighted by molar-refractivity contribution is 6.72. The van der Waals surface area contributed by atoms with E-state index < -0.39 is 20.1 Å². The van der Waals surface area contributed by atoms with Gasteiger partial charge in [0, 0.05) is 29.8 Å². The van der Waals surface area contributed by atoms with E-state index in [4.69, 9.17) is 4.74 Å². The molecule has 1 amide bonds. The fourth-order valence-electron chi connectivity index (χ4n) is 7.09. The molecule has 1 N–H and O–H groups in total. The largest absolute Gasteiger partial charge is 0.395 e. The van der Waals surface area contributed by atoms with Crippen molar-refractivity contribution in [1.82, 2.24) is 15.0 Å². The minimum absolute atomic E-state index is 0.0841. The Bertz CT molecular complexity index is 1540. The molecule has 1 aromatic heterocycles. The van der Waals surface area contributed by atoms with E-state index in [0.29, 0.717) is 25.2 Å². The SMILES string of the molecule is C[C@H]1[C@H]([Si](C)(C)F)[C@@H](CCn2cc(C(CO)c3ccccc3)nn2)O[C@]12C(=O)N(Cc1ccccc1)c1ccccc12. The molecular formula is C33H37FN4O3Si. The number of aromatic nitrogens is 3. The molecule has 0 aliphatic carbocycles. The highest BCUT2D eigenvalue weighted by atomic mass is 28.4. The van der Waals surface area contributed by atoms with Gasteiger partial charge in [0.05, 0.1) is 36.6 Å².